The molecular formula is C5H7NaO5S. The molecule has 0 amide bonds. The largest absolute Gasteiger partial charge is 1.00 e. The van der Waals surface area contributed by atoms with E-state index >= 15 is 0 Å². The minimum absolute atomic E-state index is 0. The summed E-state index contributed by atoms with van der Waals surface area (Å²) in [7, 11) is -4.61. The summed E-state index contributed by atoms with van der Waals surface area (Å²) in [5.74, 6) is 0.437. The maximum Gasteiger partial charge on any atom is 1.00 e. The van der Waals surface area contributed by atoms with Gasteiger partial charge in [0.05, 0.1) is 22.5 Å². The van der Waals surface area contributed by atoms with Crippen molar-refractivity contribution in [2.24, 2.45) is 0 Å². The zero-order chi connectivity index (χ0) is 9.12. The molecule has 1 unspecified atom stereocenters. The molecule has 0 aliphatic carbocycles. The molecule has 5 nitrogen and oxygen atoms in total. The van der Waals surface area contributed by atoms with Crippen LogP contribution in [0.1, 0.15) is 0 Å². The molecule has 0 saturated carbocycles. The van der Waals surface area contributed by atoms with Gasteiger partial charge in [0.2, 0.25) is 0 Å². The van der Waals surface area contributed by atoms with Crippen molar-refractivity contribution in [3.8, 4) is 12.3 Å². The summed E-state index contributed by atoms with van der Waals surface area (Å²) < 4.78 is 30.1. The van der Waals surface area contributed by atoms with Crippen molar-refractivity contribution in [3.63, 3.8) is 0 Å². The monoisotopic (exact) mass is 202 g/mol. The number of rotatable bonds is 3. The zero-order valence-electron chi connectivity index (χ0n) is 6.52. The van der Waals surface area contributed by atoms with Gasteiger partial charge < -0.3 is 14.8 Å². The maximum absolute atomic E-state index is 10.0. The molecule has 2 N–H and O–H groups in total. The first-order chi connectivity index (χ1) is 4.83. The van der Waals surface area contributed by atoms with Gasteiger partial charge in [0.15, 0.2) is 5.60 Å². The second-order valence-electron chi connectivity index (χ2n) is 2.04. The van der Waals surface area contributed by atoms with Gasteiger partial charge in [-0.15, -0.1) is 6.42 Å². The minimum Gasteiger partial charge on any atom is -0.748 e. The van der Waals surface area contributed by atoms with Crippen LogP contribution < -0.4 is 29.6 Å². The standard InChI is InChI=1S/C5H8O5S.Na/c1-2-5(7,3-6)4-11(8,9)10;/h1,6-7H,3-4H2,(H,8,9,10);/q;+1/p-1. The van der Waals surface area contributed by atoms with Gasteiger partial charge in [0.1, 0.15) is 0 Å². The van der Waals surface area contributed by atoms with Crippen LogP contribution in [0.3, 0.4) is 0 Å². The summed E-state index contributed by atoms with van der Waals surface area (Å²) in [4.78, 5) is 0. The third-order valence-corrected chi connectivity index (χ3v) is 1.78. The Morgan fingerprint density at radius 1 is 1.58 bits per heavy atom. The Morgan fingerprint density at radius 3 is 2.08 bits per heavy atom. The van der Waals surface area contributed by atoms with Crippen molar-refractivity contribution in [1.82, 2.24) is 0 Å². The Bertz CT molecular complexity index is 266. The second kappa shape index (κ2) is 5.19. The first-order valence-corrected chi connectivity index (χ1v) is 4.15. The van der Waals surface area contributed by atoms with Crippen LogP contribution in [0.2, 0.25) is 0 Å². The fraction of sp³-hybridized carbons (Fsp3) is 0.600. The van der Waals surface area contributed by atoms with E-state index in [2.05, 4.69) is 6.42 Å². The Labute approximate surface area is 92.8 Å². The molecule has 0 saturated heterocycles. The normalized spacial score (nSPS) is 15.5. The number of aliphatic hydroxyl groups excluding tert-OH is 1. The van der Waals surface area contributed by atoms with Gasteiger partial charge in [0, 0.05) is 0 Å². The first kappa shape index (κ1) is 14.9. The van der Waals surface area contributed by atoms with Crippen LogP contribution in [-0.4, -0.2) is 41.1 Å². The Balaban J connectivity index is 0. The van der Waals surface area contributed by atoms with Gasteiger partial charge >= 0.3 is 29.6 Å². The maximum atomic E-state index is 10.0. The van der Waals surface area contributed by atoms with E-state index in [1.165, 1.54) is 0 Å². The van der Waals surface area contributed by atoms with E-state index in [0.29, 0.717) is 0 Å². The molecule has 0 spiro atoms. The summed E-state index contributed by atoms with van der Waals surface area (Å²) >= 11 is 0. The molecule has 0 fully saturated rings. The smallest absolute Gasteiger partial charge is 0.748 e. The predicted octanol–water partition coefficient (Wildman–Crippen LogP) is -5.11. The zero-order valence-corrected chi connectivity index (χ0v) is 9.34. The van der Waals surface area contributed by atoms with Crippen LogP contribution in [0.25, 0.3) is 0 Å². The molecule has 0 heterocycles. The SMILES string of the molecule is C#CC(O)(CO)CS(=O)(=O)[O-].[Na+]. The average molecular weight is 202 g/mol. The fourth-order valence-corrected chi connectivity index (χ4v) is 1.18. The first-order valence-electron chi connectivity index (χ1n) is 2.57. The molecule has 0 aromatic heterocycles. The second-order valence-corrected chi connectivity index (χ2v) is 3.44. The molecule has 64 valence electrons. The molecule has 1 atom stereocenters. The topological polar surface area (TPSA) is 97.7 Å². The molecule has 0 aromatic carbocycles. The van der Waals surface area contributed by atoms with Crippen LogP contribution in [0.4, 0.5) is 0 Å². The van der Waals surface area contributed by atoms with Crippen molar-refractivity contribution in [3.05, 3.63) is 0 Å². The third kappa shape index (κ3) is 5.97. The predicted molar refractivity (Wildman–Crippen MR) is 35.4 cm³/mol. The van der Waals surface area contributed by atoms with E-state index in [0.717, 1.165) is 0 Å². The minimum atomic E-state index is -4.61. The van der Waals surface area contributed by atoms with Gasteiger partial charge in [-0.3, -0.25) is 0 Å². The third-order valence-electron chi connectivity index (χ3n) is 0.946. The molecule has 0 rings (SSSR count). The van der Waals surface area contributed by atoms with E-state index in [-0.39, 0.29) is 29.6 Å². The summed E-state index contributed by atoms with van der Waals surface area (Å²) in [6.45, 7) is -0.953. The quantitative estimate of drug-likeness (QED) is 0.271. The van der Waals surface area contributed by atoms with Crippen molar-refractivity contribution < 1.29 is 52.7 Å². The van der Waals surface area contributed by atoms with Crippen LogP contribution >= 0.6 is 0 Å². The molecular weight excluding hydrogens is 195 g/mol. The van der Waals surface area contributed by atoms with Gasteiger partial charge in [-0.1, -0.05) is 5.92 Å². The van der Waals surface area contributed by atoms with Crippen molar-refractivity contribution >= 4 is 10.1 Å². The van der Waals surface area contributed by atoms with E-state index in [1.54, 1.807) is 5.92 Å². The van der Waals surface area contributed by atoms with Gasteiger partial charge in [-0.25, -0.2) is 8.42 Å². The molecule has 12 heavy (non-hydrogen) atoms. The van der Waals surface area contributed by atoms with E-state index in [4.69, 9.17) is 10.2 Å². The molecule has 0 aromatic rings. The van der Waals surface area contributed by atoms with Crippen LogP contribution in [0.5, 0.6) is 0 Å². The Kier molecular flexibility index (Phi) is 6.44. The number of hydrogen-bond acceptors (Lipinski definition) is 5. The van der Waals surface area contributed by atoms with Crippen LogP contribution in [0.15, 0.2) is 0 Å². The summed E-state index contributed by atoms with van der Waals surface area (Å²) in [5.41, 5.74) is -2.25. The van der Waals surface area contributed by atoms with Crippen LogP contribution in [0, 0.1) is 12.3 Å². The van der Waals surface area contributed by atoms with Gasteiger partial charge in [0.25, 0.3) is 0 Å². The fourth-order valence-electron chi connectivity index (χ4n) is 0.425. The Hall–Kier alpha value is 0.390. The molecule has 0 aliphatic heterocycles. The van der Waals surface area contributed by atoms with E-state index in [9.17, 15) is 13.0 Å². The number of aliphatic hydroxyl groups is 2. The van der Waals surface area contributed by atoms with Crippen LogP contribution in [-0.2, 0) is 10.1 Å². The molecule has 0 aliphatic rings. The van der Waals surface area contributed by atoms with Crippen molar-refractivity contribution in [2.75, 3.05) is 12.4 Å². The Morgan fingerprint density at radius 2 is 2.00 bits per heavy atom. The van der Waals surface area contributed by atoms with Gasteiger partial charge in [-0.05, 0) is 0 Å². The summed E-state index contributed by atoms with van der Waals surface area (Å²) in [6.07, 6.45) is 4.66. The van der Waals surface area contributed by atoms with E-state index in [1.807, 2.05) is 0 Å². The molecule has 0 radical (unpaired) electrons. The number of hydrogen-bond donors (Lipinski definition) is 2. The van der Waals surface area contributed by atoms with E-state index < -0.39 is 28.1 Å². The number of terminal acetylenes is 1. The summed E-state index contributed by atoms with van der Waals surface area (Å²) in [6, 6.07) is 0. The summed E-state index contributed by atoms with van der Waals surface area (Å²) in [5, 5.41) is 17.3. The average Bonchev–Trinajstić information content (AvgIpc) is 1.84. The molecule has 0 bridgehead atoms. The van der Waals surface area contributed by atoms with Crippen molar-refractivity contribution in [1.29, 1.82) is 0 Å². The van der Waals surface area contributed by atoms with Crippen molar-refractivity contribution in [2.45, 2.75) is 5.60 Å². The van der Waals surface area contributed by atoms with Gasteiger partial charge in [-0.2, -0.15) is 0 Å². The molecule has 7 heteroatoms.